The third-order valence-corrected chi connectivity index (χ3v) is 9.45. The fraction of sp³-hybridized carbons (Fsp3) is 0.219. The molecule has 1 atom stereocenters. The van der Waals surface area contributed by atoms with Crippen LogP contribution in [0.25, 0.3) is 16.8 Å². The van der Waals surface area contributed by atoms with Gasteiger partial charge in [0, 0.05) is 30.2 Å². The number of hydrogen-bond acceptors (Lipinski definition) is 7. The summed E-state index contributed by atoms with van der Waals surface area (Å²) in [5.74, 6) is 0.928. The summed E-state index contributed by atoms with van der Waals surface area (Å²) in [4.78, 5) is 17.8. The highest BCUT2D eigenvalue weighted by molar-refractivity contribution is 7.91. The van der Waals surface area contributed by atoms with Crippen molar-refractivity contribution in [2.45, 2.75) is 37.5 Å². The Morgan fingerprint density at radius 3 is 2.49 bits per heavy atom. The lowest BCUT2D eigenvalue weighted by Gasteiger charge is -2.12. The summed E-state index contributed by atoms with van der Waals surface area (Å²) in [5.41, 5.74) is 7.18. The first kappa shape index (κ1) is 26.7. The third kappa shape index (κ3) is 5.32. The van der Waals surface area contributed by atoms with E-state index in [1.54, 1.807) is 16.6 Å². The molecule has 0 unspecified atom stereocenters. The number of sulfone groups is 1. The molecular formula is C32H30N4O4S. The number of carbonyl (C=O) groups is 1. The Morgan fingerprint density at radius 2 is 1.76 bits per heavy atom. The quantitative estimate of drug-likeness (QED) is 0.257. The van der Waals surface area contributed by atoms with Crippen molar-refractivity contribution < 1.29 is 17.9 Å². The zero-order chi connectivity index (χ0) is 28.7. The first-order chi connectivity index (χ1) is 19.7. The lowest BCUT2D eigenvalue weighted by molar-refractivity contribution is -0.119. The number of aromatic nitrogens is 3. The number of hydrogen-bond donors (Lipinski definition) is 1. The fourth-order valence-electron chi connectivity index (χ4n) is 5.15. The molecule has 2 aromatic heterocycles. The van der Waals surface area contributed by atoms with Crippen LogP contribution in [0.2, 0.25) is 0 Å². The number of ketones is 1. The number of fused-ring (bicyclic) bond motifs is 2. The minimum absolute atomic E-state index is 0.105. The van der Waals surface area contributed by atoms with Gasteiger partial charge in [-0.3, -0.25) is 4.79 Å². The van der Waals surface area contributed by atoms with Crippen molar-refractivity contribution in [3.05, 3.63) is 101 Å². The normalized spacial score (nSPS) is 14.5. The van der Waals surface area contributed by atoms with Gasteiger partial charge in [0.2, 0.25) is 5.95 Å². The summed E-state index contributed by atoms with van der Waals surface area (Å²) in [5, 5.41) is 7.76. The first-order valence-corrected chi connectivity index (χ1v) is 15.1. The maximum Gasteiger partial charge on any atom is 0.247 e. The van der Waals surface area contributed by atoms with Crippen LogP contribution in [0.5, 0.6) is 5.75 Å². The van der Waals surface area contributed by atoms with Crippen molar-refractivity contribution in [3.63, 3.8) is 0 Å². The molecule has 0 fully saturated rings. The molecule has 41 heavy (non-hydrogen) atoms. The molecule has 3 heterocycles. The number of anilines is 2. The lowest BCUT2D eigenvalue weighted by atomic mass is 9.92. The number of methoxy groups -OCH3 is 1. The number of nitrogens with zero attached hydrogens (tertiary/aromatic N) is 3. The number of rotatable bonds is 8. The molecule has 1 aliphatic heterocycles. The number of ether oxygens (including phenoxy) is 1. The Bertz CT molecular complexity index is 1880. The van der Waals surface area contributed by atoms with Gasteiger partial charge in [-0.15, -0.1) is 5.10 Å². The van der Waals surface area contributed by atoms with Crippen LogP contribution in [0.15, 0.2) is 83.9 Å². The van der Waals surface area contributed by atoms with Crippen LogP contribution in [-0.2, 0) is 27.5 Å². The van der Waals surface area contributed by atoms with Crippen molar-refractivity contribution in [2.24, 2.45) is 0 Å². The number of pyridine rings is 1. The molecular weight excluding hydrogens is 536 g/mol. The molecule has 0 aliphatic carbocycles. The average molecular weight is 567 g/mol. The van der Waals surface area contributed by atoms with E-state index in [-0.39, 0.29) is 17.5 Å². The van der Waals surface area contributed by atoms with Gasteiger partial charge in [-0.2, -0.15) is 4.98 Å². The molecule has 208 valence electrons. The van der Waals surface area contributed by atoms with Gasteiger partial charge in [0.15, 0.2) is 15.5 Å². The molecule has 0 amide bonds. The molecule has 5 aromatic rings. The second-order valence-corrected chi connectivity index (χ2v) is 12.6. The first-order valence-electron chi connectivity index (χ1n) is 13.5. The van der Waals surface area contributed by atoms with Gasteiger partial charge in [0.25, 0.3) is 0 Å². The maximum atomic E-state index is 12.9. The number of carbonyl (C=O) groups excluding carboxylic acids is 1. The summed E-state index contributed by atoms with van der Waals surface area (Å²) in [6.45, 7) is 4.00. The van der Waals surface area contributed by atoms with Crippen LogP contribution in [0.3, 0.4) is 0 Å². The van der Waals surface area contributed by atoms with E-state index in [2.05, 4.69) is 15.4 Å². The van der Waals surface area contributed by atoms with Gasteiger partial charge in [0.05, 0.1) is 23.4 Å². The highest BCUT2D eigenvalue weighted by Crippen LogP contribution is 2.36. The molecule has 0 spiro atoms. The Kier molecular flexibility index (Phi) is 6.83. The SMILES string of the molecule is COc1cc2c(cc1Nc1nc3ccc(-c4ccc(CC(=O)[C@H](C)c5ccc(C)cc5)cc4)cn3n1)CCS2(=O)=O. The van der Waals surface area contributed by atoms with Gasteiger partial charge >= 0.3 is 0 Å². The van der Waals surface area contributed by atoms with E-state index in [9.17, 15) is 13.2 Å². The van der Waals surface area contributed by atoms with E-state index < -0.39 is 9.84 Å². The predicted octanol–water partition coefficient (Wildman–Crippen LogP) is 5.70. The van der Waals surface area contributed by atoms with E-state index in [0.29, 0.717) is 40.8 Å². The summed E-state index contributed by atoms with van der Waals surface area (Å²) in [7, 11) is -1.76. The molecule has 9 heteroatoms. The van der Waals surface area contributed by atoms with Crippen LogP contribution in [0, 0.1) is 6.92 Å². The second kappa shape index (κ2) is 10.5. The molecule has 1 N–H and O–H groups in total. The number of Topliss-reactive ketones (excluding diaryl/α,β-unsaturated/α-hetero) is 1. The molecule has 0 bridgehead atoms. The van der Waals surface area contributed by atoms with Crippen LogP contribution in [0.4, 0.5) is 11.6 Å². The smallest absolute Gasteiger partial charge is 0.247 e. The minimum atomic E-state index is -3.27. The number of aryl methyl sites for hydroxylation is 2. The standard InChI is InChI=1S/C32H30N4O4S/c1-20-4-8-23(9-5-20)21(2)28(37)16-22-6-10-24(11-7-22)26-12-13-31-34-32(35-36(31)19-26)33-27-17-25-14-15-41(38,39)30(25)18-29(27)40-3/h4-13,17-19,21H,14-16H2,1-3H3,(H,33,35)/t21-/m1/s1. The highest BCUT2D eigenvalue weighted by Gasteiger charge is 2.28. The molecule has 0 saturated carbocycles. The summed E-state index contributed by atoms with van der Waals surface area (Å²) in [6, 6.07) is 23.4. The lowest BCUT2D eigenvalue weighted by Crippen LogP contribution is -2.12. The highest BCUT2D eigenvalue weighted by atomic mass is 32.2. The van der Waals surface area contributed by atoms with Crippen molar-refractivity contribution in [1.29, 1.82) is 0 Å². The molecule has 0 saturated heterocycles. The van der Waals surface area contributed by atoms with Gasteiger partial charge in [-0.1, -0.05) is 61.0 Å². The molecule has 1 aliphatic rings. The zero-order valence-corrected chi connectivity index (χ0v) is 23.9. The Hall–Kier alpha value is -4.50. The topological polar surface area (TPSA) is 103 Å². The number of nitrogens with one attached hydrogen (secondary N) is 1. The van der Waals surface area contributed by atoms with Crippen molar-refractivity contribution >= 4 is 32.9 Å². The van der Waals surface area contributed by atoms with Gasteiger partial charge in [-0.25, -0.2) is 12.9 Å². The Morgan fingerprint density at radius 1 is 1.02 bits per heavy atom. The minimum Gasteiger partial charge on any atom is -0.495 e. The van der Waals surface area contributed by atoms with Gasteiger partial charge < -0.3 is 10.1 Å². The third-order valence-electron chi connectivity index (χ3n) is 7.66. The second-order valence-electron chi connectivity index (χ2n) is 10.5. The largest absolute Gasteiger partial charge is 0.495 e. The molecule has 3 aromatic carbocycles. The number of benzene rings is 3. The zero-order valence-electron chi connectivity index (χ0n) is 23.1. The monoisotopic (exact) mass is 566 g/mol. The average Bonchev–Trinajstić information content (AvgIpc) is 3.51. The summed E-state index contributed by atoms with van der Waals surface area (Å²) >= 11 is 0. The van der Waals surface area contributed by atoms with E-state index >= 15 is 0 Å². The summed E-state index contributed by atoms with van der Waals surface area (Å²) in [6.07, 6.45) is 2.75. The van der Waals surface area contributed by atoms with E-state index in [1.807, 2.05) is 80.7 Å². The van der Waals surface area contributed by atoms with Crippen molar-refractivity contribution in [3.8, 4) is 16.9 Å². The summed E-state index contributed by atoms with van der Waals surface area (Å²) < 4.78 is 31.7. The van der Waals surface area contributed by atoms with Crippen LogP contribution >= 0.6 is 0 Å². The molecule has 0 radical (unpaired) electrons. The van der Waals surface area contributed by atoms with Crippen LogP contribution < -0.4 is 10.1 Å². The fourth-order valence-corrected chi connectivity index (χ4v) is 6.70. The van der Waals surface area contributed by atoms with Crippen LogP contribution in [-0.4, -0.2) is 41.7 Å². The maximum absolute atomic E-state index is 12.9. The van der Waals surface area contributed by atoms with E-state index in [4.69, 9.17) is 4.74 Å². The molecule has 8 nitrogen and oxygen atoms in total. The predicted molar refractivity (Wildman–Crippen MR) is 159 cm³/mol. The van der Waals surface area contributed by atoms with E-state index in [0.717, 1.165) is 27.8 Å². The van der Waals surface area contributed by atoms with Gasteiger partial charge in [0.1, 0.15) is 11.5 Å². The van der Waals surface area contributed by atoms with Crippen molar-refractivity contribution in [2.75, 3.05) is 18.2 Å². The van der Waals surface area contributed by atoms with E-state index in [1.165, 1.54) is 12.7 Å². The Labute approximate surface area is 238 Å². The molecule has 6 rings (SSSR count). The van der Waals surface area contributed by atoms with Crippen molar-refractivity contribution in [1.82, 2.24) is 14.6 Å². The Balaban J connectivity index is 1.18. The van der Waals surface area contributed by atoms with Gasteiger partial charge in [-0.05, 0) is 53.8 Å². The van der Waals surface area contributed by atoms with Crippen LogP contribution in [0.1, 0.15) is 35.1 Å².